The molecule has 2 saturated carbocycles. The SMILES string of the molecule is O=C(NNC(=O)[C@H]1C[C@@H]2C[C@H]1CC2(F)F)c1cn2c(n1)CCCC2. The Hall–Kier alpha value is -1.99. The molecule has 2 amide bonds. The summed E-state index contributed by atoms with van der Waals surface area (Å²) in [4.78, 5) is 28.6. The Kier molecular flexibility index (Phi) is 3.58. The van der Waals surface area contributed by atoms with Gasteiger partial charge in [0.1, 0.15) is 11.5 Å². The minimum Gasteiger partial charge on any atom is -0.334 e. The second-order valence-corrected chi connectivity index (χ2v) is 7.14. The molecule has 2 heterocycles. The van der Waals surface area contributed by atoms with Crippen LogP contribution in [-0.4, -0.2) is 27.3 Å². The predicted octanol–water partition coefficient (Wildman–Crippen LogP) is 1.66. The fraction of sp³-hybridized carbons (Fsp3) is 0.688. The largest absolute Gasteiger partial charge is 0.334 e. The van der Waals surface area contributed by atoms with Gasteiger partial charge in [0.05, 0.1) is 0 Å². The van der Waals surface area contributed by atoms with Gasteiger partial charge in [-0.05, 0) is 31.6 Å². The minimum absolute atomic E-state index is 0.193. The molecule has 2 bridgehead atoms. The Labute approximate surface area is 138 Å². The van der Waals surface area contributed by atoms with E-state index in [0.29, 0.717) is 6.42 Å². The van der Waals surface area contributed by atoms with E-state index in [4.69, 9.17) is 0 Å². The lowest BCUT2D eigenvalue weighted by Gasteiger charge is -2.26. The van der Waals surface area contributed by atoms with Gasteiger partial charge in [0.25, 0.3) is 11.8 Å². The lowest BCUT2D eigenvalue weighted by Crippen LogP contribution is -2.46. The lowest BCUT2D eigenvalue weighted by molar-refractivity contribution is -0.130. The van der Waals surface area contributed by atoms with E-state index in [1.165, 1.54) is 0 Å². The van der Waals surface area contributed by atoms with E-state index in [1.54, 1.807) is 6.20 Å². The van der Waals surface area contributed by atoms with Crippen LogP contribution in [-0.2, 0) is 17.8 Å². The van der Waals surface area contributed by atoms with Gasteiger partial charge in [-0.1, -0.05) is 0 Å². The molecule has 2 aliphatic carbocycles. The molecule has 24 heavy (non-hydrogen) atoms. The number of alkyl halides is 2. The number of nitrogens with zero attached hydrogens (tertiary/aromatic N) is 2. The highest BCUT2D eigenvalue weighted by Gasteiger charge is 2.58. The summed E-state index contributed by atoms with van der Waals surface area (Å²) in [6.45, 7) is 0.849. The number of rotatable bonds is 2. The zero-order chi connectivity index (χ0) is 16.9. The highest BCUT2D eigenvalue weighted by molar-refractivity contribution is 5.93. The van der Waals surface area contributed by atoms with Crippen molar-refractivity contribution in [1.82, 2.24) is 20.4 Å². The van der Waals surface area contributed by atoms with E-state index in [-0.39, 0.29) is 30.4 Å². The van der Waals surface area contributed by atoms with Crippen LogP contribution in [0.15, 0.2) is 6.20 Å². The molecule has 0 aromatic carbocycles. The van der Waals surface area contributed by atoms with Crippen molar-refractivity contribution in [1.29, 1.82) is 0 Å². The molecule has 6 nitrogen and oxygen atoms in total. The van der Waals surface area contributed by atoms with Crippen molar-refractivity contribution in [2.45, 2.75) is 51.0 Å². The van der Waals surface area contributed by atoms with Crippen LogP contribution in [0.1, 0.15) is 48.4 Å². The van der Waals surface area contributed by atoms with Crippen molar-refractivity contribution >= 4 is 11.8 Å². The van der Waals surface area contributed by atoms with Gasteiger partial charge in [0.2, 0.25) is 5.91 Å². The van der Waals surface area contributed by atoms with Crippen molar-refractivity contribution in [3.63, 3.8) is 0 Å². The van der Waals surface area contributed by atoms with Crippen LogP contribution in [0.2, 0.25) is 0 Å². The molecule has 3 atom stereocenters. The van der Waals surface area contributed by atoms with Crippen LogP contribution in [0, 0.1) is 17.8 Å². The van der Waals surface area contributed by atoms with E-state index in [1.807, 2.05) is 4.57 Å². The second kappa shape index (κ2) is 5.53. The third-order valence-electron chi connectivity index (χ3n) is 5.60. The van der Waals surface area contributed by atoms with Crippen molar-refractivity contribution in [3.8, 4) is 0 Å². The van der Waals surface area contributed by atoms with Gasteiger partial charge < -0.3 is 4.57 Å². The first-order valence-electron chi connectivity index (χ1n) is 8.48. The number of fused-ring (bicyclic) bond motifs is 3. The summed E-state index contributed by atoms with van der Waals surface area (Å²) in [5.74, 6) is -4.04. The van der Waals surface area contributed by atoms with Gasteiger partial charge in [-0.2, -0.15) is 0 Å². The molecule has 2 N–H and O–H groups in total. The van der Waals surface area contributed by atoms with Crippen molar-refractivity contribution in [3.05, 3.63) is 17.7 Å². The maximum Gasteiger partial charge on any atom is 0.289 e. The number of carbonyl (C=O) groups is 2. The number of hydrogen-bond acceptors (Lipinski definition) is 3. The third-order valence-corrected chi connectivity index (χ3v) is 5.60. The van der Waals surface area contributed by atoms with Gasteiger partial charge in [-0.25, -0.2) is 13.8 Å². The summed E-state index contributed by atoms with van der Waals surface area (Å²) in [6, 6.07) is 0. The predicted molar refractivity (Wildman–Crippen MR) is 80.0 cm³/mol. The standard InChI is InChI=1S/C16H20F2N4O2/c17-16(18)7-9-5-10(16)6-11(9)14(23)20-21-15(24)12-8-22-4-2-1-3-13(22)19-12/h8-11H,1-7H2,(H,20,23)(H,21,24)/t9-,10-,11-/m0/s1. The highest BCUT2D eigenvalue weighted by atomic mass is 19.3. The summed E-state index contributed by atoms with van der Waals surface area (Å²) in [5.41, 5.74) is 5.02. The summed E-state index contributed by atoms with van der Waals surface area (Å²) in [7, 11) is 0. The van der Waals surface area contributed by atoms with E-state index in [9.17, 15) is 18.4 Å². The molecule has 4 rings (SSSR count). The average molecular weight is 338 g/mol. The molecule has 0 saturated heterocycles. The maximum atomic E-state index is 13.5. The van der Waals surface area contributed by atoms with Crippen molar-refractivity contribution in [2.75, 3.05) is 0 Å². The van der Waals surface area contributed by atoms with Crippen molar-refractivity contribution < 1.29 is 18.4 Å². The number of imidazole rings is 1. The normalized spacial score (nSPS) is 30.0. The Morgan fingerprint density at radius 3 is 2.75 bits per heavy atom. The molecule has 3 aliphatic rings. The zero-order valence-electron chi connectivity index (χ0n) is 13.2. The first-order chi connectivity index (χ1) is 11.4. The average Bonchev–Trinajstić information content (AvgIpc) is 3.22. The number of hydrogen-bond donors (Lipinski definition) is 2. The minimum atomic E-state index is -2.64. The number of aromatic nitrogens is 2. The Morgan fingerprint density at radius 1 is 1.25 bits per heavy atom. The fourth-order valence-electron chi connectivity index (χ4n) is 4.33. The maximum absolute atomic E-state index is 13.5. The van der Waals surface area contributed by atoms with Crippen molar-refractivity contribution in [2.24, 2.45) is 17.8 Å². The van der Waals surface area contributed by atoms with Crippen LogP contribution >= 0.6 is 0 Å². The molecular formula is C16H20F2N4O2. The molecule has 8 heteroatoms. The van der Waals surface area contributed by atoms with Gasteiger partial charge in [-0.15, -0.1) is 0 Å². The third kappa shape index (κ3) is 2.57. The monoisotopic (exact) mass is 338 g/mol. The Bertz CT molecular complexity index is 664. The zero-order valence-corrected chi connectivity index (χ0v) is 13.2. The van der Waals surface area contributed by atoms with E-state index >= 15 is 0 Å². The van der Waals surface area contributed by atoms with E-state index in [0.717, 1.165) is 31.6 Å². The smallest absolute Gasteiger partial charge is 0.289 e. The van der Waals surface area contributed by atoms with Crippen LogP contribution < -0.4 is 10.9 Å². The molecule has 0 radical (unpaired) electrons. The van der Waals surface area contributed by atoms with E-state index < -0.39 is 23.7 Å². The quantitative estimate of drug-likeness (QED) is 0.805. The molecule has 0 spiro atoms. The molecule has 1 aromatic heterocycles. The highest BCUT2D eigenvalue weighted by Crippen LogP contribution is 2.56. The second-order valence-electron chi connectivity index (χ2n) is 7.14. The Morgan fingerprint density at radius 2 is 2.08 bits per heavy atom. The van der Waals surface area contributed by atoms with Gasteiger partial charge >= 0.3 is 0 Å². The summed E-state index contributed by atoms with van der Waals surface area (Å²) < 4.78 is 29.0. The molecular weight excluding hydrogens is 318 g/mol. The molecule has 2 fully saturated rings. The lowest BCUT2D eigenvalue weighted by atomic mass is 9.86. The van der Waals surface area contributed by atoms with Crippen LogP contribution in [0.3, 0.4) is 0 Å². The first kappa shape index (κ1) is 15.5. The number of amides is 2. The fourth-order valence-corrected chi connectivity index (χ4v) is 4.33. The topological polar surface area (TPSA) is 76.0 Å². The number of hydrazine groups is 1. The molecule has 1 aromatic rings. The van der Waals surface area contributed by atoms with Crippen LogP contribution in [0.4, 0.5) is 8.78 Å². The summed E-state index contributed by atoms with van der Waals surface area (Å²) in [5, 5.41) is 0. The molecule has 1 aliphatic heterocycles. The Balaban J connectivity index is 1.33. The molecule has 0 unspecified atom stereocenters. The van der Waals surface area contributed by atoms with Gasteiger partial charge in [0, 0.05) is 37.4 Å². The number of halogens is 2. The van der Waals surface area contributed by atoms with E-state index in [2.05, 4.69) is 15.8 Å². The van der Waals surface area contributed by atoms with Gasteiger partial charge in [-0.3, -0.25) is 20.4 Å². The summed E-state index contributed by atoms with van der Waals surface area (Å²) in [6.07, 6.45) is 5.02. The number of nitrogens with one attached hydrogen (secondary N) is 2. The number of carbonyl (C=O) groups excluding carboxylic acids is 2. The van der Waals surface area contributed by atoms with Crippen LogP contribution in [0.25, 0.3) is 0 Å². The summed E-state index contributed by atoms with van der Waals surface area (Å²) >= 11 is 0. The number of aryl methyl sites for hydroxylation is 2. The van der Waals surface area contributed by atoms with Crippen LogP contribution in [0.5, 0.6) is 0 Å². The molecule has 130 valence electrons. The first-order valence-corrected chi connectivity index (χ1v) is 8.48. The van der Waals surface area contributed by atoms with Gasteiger partial charge in [0.15, 0.2) is 0 Å².